The Kier molecular flexibility index (Phi) is 7.04. The Morgan fingerprint density at radius 1 is 0.373 bits per heavy atom. The minimum absolute atomic E-state index is 1.10. The third-order valence-corrected chi connectivity index (χ3v) is 11.2. The van der Waals surface area contributed by atoms with Crippen molar-refractivity contribution >= 4 is 70.4 Å². The normalized spacial score (nSPS) is 11.5. The molecule has 2 nitrogen and oxygen atoms in total. The summed E-state index contributed by atoms with van der Waals surface area (Å²) in [5.41, 5.74) is 11.7. The van der Waals surface area contributed by atoms with Crippen LogP contribution < -0.4 is 4.90 Å². The highest BCUT2D eigenvalue weighted by Crippen LogP contribution is 2.42. The van der Waals surface area contributed by atoms with Crippen LogP contribution >= 0.6 is 11.3 Å². The van der Waals surface area contributed by atoms with Crippen LogP contribution in [0, 0.1) is 0 Å². The summed E-state index contributed by atoms with van der Waals surface area (Å²) in [6.45, 7) is 0. The minimum Gasteiger partial charge on any atom is -0.310 e. The van der Waals surface area contributed by atoms with Crippen LogP contribution in [-0.2, 0) is 0 Å². The van der Waals surface area contributed by atoms with E-state index in [0.717, 1.165) is 22.7 Å². The third-order valence-electron chi connectivity index (χ3n) is 10.00. The van der Waals surface area contributed by atoms with Gasteiger partial charge in [0, 0.05) is 53.7 Å². The molecule has 0 aliphatic carbocycles. The van der Waals surface area contributed by atoms with Crippen LogP contribution in [0.3, 0.4) is 0 Å². The number of thiophene rings is 1. The molecule has 240 valence electrons. The maximum Gasteiger partial charge on any atom is 0.0541 e. The average Bonchev–Trinajstić information content (AvgIpc) is 3.75. The van der Waals surface area contributed by atoms with Crippen molar-refractivity contribution in [2.75, 3.05) is 4.90 Å². The summed E-state index contributed by atoms with van der Waals surface area (Å²) < 4.78 is 5.04. The summed E-state index contributed by atoms with van der Waals surface area (Å²) in [5.74, 6) is 0. The van der Waals surface area contributed by atoms with Gasteiger partial charge < -0.3 is 9.47 Å². The van der Waals surface area contributed by atoms with Gasteiger partial charge in [0.1, 0.15) is 0 Å². The lowest BCUT2D eigenvalue weighted by molar-refractivity contribution is 1.17. The first kappa shape index (κ1) is 29.5. The summed E-state index contributed by atoms with van der Waals surface area (Å²) in [6.07, 6.45) is 0. The highest BCUT2D eigenvalue weighted by Gasteiger charge is 2.17. The first-order valence-corrected chi connectivity index (χ1v) is 18.2. The standard InChI is InChI=1S/C48H32N2S/c1-2-12-33(13-3-1)34-24-28-36(29-25-34)49(37-30-26-35(27-31-37)40-19-11-20-44-43-18-6-9-23-47(43)51-48(40)44)38-14-10-15-39(32-38)50-45-21-7-4-16-41(45)42-17-5-8-22-46(42)50/h1-32H. The SMILES string of the molecule is c1ccc(-c2ccc(N(c3ccc(-c4cccc5c4sc4ccccc45)cc3)c3cccc(-n4c5ccccc5c5ccccc54)c3)cc2)cc1. The van der Waals surface area contributed by atoms with Crippen molar-refractivity contribution < 1.29 is 0 Å². The van der Waals surface area contributed by atoms with Crippen molar-refractivity contribution in [1.29, 1.82) is 0 Å². The maximum absolute atomic E-state index is 2.39. The molecule has 0 aliphatic heterocycles. The fraction of sp³-hybridized carbons (Fsp3) is 0. The van der Waals surface area contributed by atoms with Crippen LogP contribution in [0.15, 0.2) is 194 Å². The summed E-state index contributed by atoms with van der Waals surface area (Å²) in [6, 6.07) is 70.3. The number of para-hydroxylation sites is 2. The van der Waals surface area contributed by atoms with Gasteiger partial charge in [-0.1, -0.05) is 133 Å². The van der Waals surface area contributed by atoms with Crippen LogP contribution in [0.2, 0.25) is 0 Å². The second-order valence-corrected chi connectivity index (χ2v) is 14.0. The number of hydrogen-bond acceptors (Lipinski definition) is 2. The molecule has 0 radical (unpaired) electrons. The third kappa shape index (κ3) is 5.01. The van der Waals surface area contributed by atoms with Crippen molar-refractivity contribution in [3.8, 4) is 27.9 Å². The van der Waals surface area contributed by atoms with Gasteiger partial charge in [0.2, 0.25) is 0 Å². The Bertz CT molecular complexity index is 2790. The molecular weight excluding hydrogens is 637 g/mol. The minimum atomic E-state index is 1.10. The molecule has 10 aromatic rings. The summed E-state index contributed by atoms with van der Waals surface area (Å²) in [4.78, 5) is 2.37. The zero-order valence-electron chi connectivity index (χ0n) is 27.8. The van der Waals surface area contributed by atoms with E-state index in [2.05, 4.69) is 204 Å². The monoisotopic (exact) mass is 668 g/mol. The number of hydrogen-bond donors (Lipinski definition) is 0. The van der Waals surface area contributed by atoms with Gasteiger partial charge in [0.05, 0.1) is 11.0 Å². The largest absolute Gasteiger partial charge is 0.310 e. The van der Waals surface area contributed by atoms with Crippen LogP contribution in [0.5, 0.6) is 0 Å². The lowest BCUT2D eigenvalue weighted by Gasteiger charge is -2.26. The van der Waals surface area contributed by atoms with E-state index in [9.17, 15) is 0 Å². The molecule has 3 heteroatoms. The number of rotatable bonds is 6. The van der Waals surface area contributed by atoms with Crippen molar-refractivity contribution in [1.82, 2.24) is 4.57 Å². The fourth-order valence-corrected chi connectivity index (χ4v) is 8.86. The van der Waals surface area contributed by atoms with Gasteiger partial charge in [-0.05, 0) is 82.9 Å². The summed E-state index contributed by atoms with van der Waals surface area (Å²) >= 11 is 1.88. The topological polar surface area (TPSA) is 8.17 Å². The Balaban J connectivity index is 1.11. The van der Waals surface area contributed by atoms with Crippen molar-refractivity contribution in [3.05, 3.63) is 194 Å². The molecule has 0 N–H and O–H groups in total. The predicted molar refractivity (Wildman–Crippen MR) is 219 cm³/mol. The molecule has 10 rings (SSSR count). The summed E-state index contributed by atoms with van der Waals surface area (Å²) in [5, 5.41) is 5.16. The maximum atomic E-state index is 2.39. The van der Waals surface area contributed by atoms with E-state index in [1.165, 1.54) is 64.2 Å². The van der Waals surface area contributed by atoms with Crippen molar-refractivity contribution in [3.63, 3.8) is 0 Å². The van der Waals surface area contributed by atoms with Gasteiger partial charge in [-0.3, -0.25) is 0 Å². The molecule has 0 aliphatic rings. The molecule has 0 bridgehead atoms. The van der Waals surface area contributed by atoms with Crippen LogP contribution in [-0.4, -0.2) is 4.57 Å². The second kappa shape index (κ2) is 12.2. The number of nitrogens with zero attached hydrogens (tertiary/aromatic N) is 2. The van der Waals surface area contributed by atoms with Crippen molar-refractivity contribution in [2.45, 2.75) is 0 Å². The molecule has 2 heterocycles. The summed E-state index contributed by atoms with van der Waals surface area (Å²) in [7, 11) is 0. The molecule has 0 unspecified atom stereocenters. The van der Waals surface area contributed by atoms with Crippen molar-refractivity contribution in [2.24, 2.45) is 0 Å². The lowest BCUT2D eigenvalue weighted by Crippen LogP contribution is -2.10. The molecule has 0 fully saturated rings. The molecule has 2 aromatic heterocycles. The second-order valence-electron chi connectivity index (χ2n) is 13.0. The first-order valence-electron chi connectivity index (χ1n) is 17.4. The number of aromatic nitrogens is 1. The first-order chi connectivity index (χ1) is 25.3. The molecule has 0 atom stereocenters. The van der Waals surface area contributed by atoms with Gasteiger partial charge in [-0.2, -0.15) is 0 Å². The van der Waals surface area contributed by atoms with E-state index < -0.39 is 0 Å². The van der Waals surface area contributed by atoms with Crippen LogP contribution in [0.25, 0.3) is 69.9 Å². The van der Waals surface area contributed by atoms with E-state index in [1.54, 1.807) is 0 Å². The zero-order valence-corrected chi connectivity index (χ0v) is 28.6. The van der Waals surface area contributed by atoms with E-state index in [4.69, 9.17) is 0 Å². The average molecular weight is 669 g/mol. The molecule has 8 aromatic carbocycles. The molecule has 0 amide bonds. The lowest BCUT2D eigenvalue weighted by atomic mass is 10.0. The van der Waals surface area contributed by atoms with Gasteiger partial charge >= 0.3 is 0 Å². The Morgan fingerprint density at radius 2 is 0.922 bits per heavy atom. The van der Waals surface area contributed by atoms with E-state index >= 15 is 0 Å². The van der Waals surface area contributed by atoms with Crippen LogP contribution in [0.1, 0.15) is 0 Å². The fourth-order valence-electron chi connectivity index (χ4n) is 7.62. The van der Waals surface area contributed by atoms with Gasteiger partial charge in [0.15, 0.2) is 0 Å². The number of fused-ring (bicyclic) bond motifs is 6. The molecule has 0 saturated heterocycles. The van der Waals surface area contributed by atoms with Gasteiger partial charge in [-0.25, -0.2) is 0 Å². The highest BCUT2D eigenvalue weighted by atomic mass is 32.1. The number of anilines is 3. The Labute approximate surface area is 300 Å². The van der Waals surface area contributed by atoms with E-state index in [0.29, 0.717) is 0 Å². The molecule has 0 saturated carbocycles. The predicted octanol–water partition coefficient (Wildman–Crippen LogP) is 14.0. The van der Waals surface area contributed by atoms with Gasteiger partial charge in [0.25, 0.3) is 0 Å². The molecular formula is C48H32N2S. The molecule has 51 heavy (non-hydrogen) atoms. The van der Waals surface area contributed by atoms with Crippen LogP contribution in [0.4, 0.5) is 17.1 Å². The molecule has 0 spiro atoms. The highest BCUT2D eigenvalue weighted by molar-refractivity contribution is 7.26. The van der Waals surface area contributed by atoms with E-state index in [-0.39, 0.29) is 0 Å². The quantitative estimate of drug-likeness (QED) is 0.171. The Morgan fingerprint density at radius 3 is 1.63 bits per heavy atom. The van der Waals surface area contributed by atoms with Gasteiger partial charge in [-0.15, -0.1) is 11.3 Å². The zero-order chi connectivity index (χ0) is 33.7. The van der Waals surface area contributed by atoms with E-state index in [1.807, 2.05) is 11.3 Å². The smallest absolute Gasteiger partial charge is 0.0541 e. The number of benzene rings is 8. The Hall–Kier alpha value is -6.42.